The van der Waals surface area contributed by atoms with Crippen molar-refractivity contribution in [1.29, 1.82) is 0 Å². The summed E-state index contributed by atoms with van der Waals surface area (Å²) in [7, 11) is 0. The second kappa shape index (κ2) is 8.56. The van der Waals surface area contributed by atoms with Gasteiger partial charge in [0.2, 0.25) is 0 Å². The highest BCUT2D eigenvalue weighted by atomic mass is 19.1. The van der Waals surface area contributed by atoms with Gasteiger partial charge in [-0.1, -0.05) is 0 Å². The zero-order chi connectivity index (χ0) is 23.8. The summed E-state index contributed by atoms with van der Waals surface area (Å²) < 4.78 is 28.7. The maximum atomic E-state index is 14.5. The third kappa shape index (κ3) is 3.94. The van der Waals surface area contributed by atoms with Crippen molar-refractivity contribution in [2.24, 2.45) is 0 Å². The summed E-state index contributed by atoms with van der Waals surface area (Å²) in [5.74, 6) is -0.929. The third-order valence-corrected chi connectivity index (χ3v) is 5.56. The lowest BCUT2D eigenvalue weighted by Gasteiger charge is -2.23. The molecular weight excluding hydrogens is 449 g/mol. The Morgan fingerprint density at radius 3 is 2.74 bits per heavy atom. The Balaban J connectivity index is 1.62. The Morgan fingerprint density at radius 2 is 2.06 bits per heavy atom. The van der Waals surface area contributed by atoms with Crippen molar-refractivity contribution in [3.63, 3.8) is 0 Å². The first kappa shape index (κ1) is 21.5. The number of hydrogen-bond acceptors (Lipinski definition) is 7. The number of nitrogens with zero attached hydrogens (tertiary/aromatic N) is 5. The van der Waals surface area contributed by atoms with Crippen LogP contribution in [0.2, 0.25) is 0 Å². The lowest BCUT2D eigenvalue weighted by molar-refractivity contribution is -0.385. The van der Waals surface area contributed by atoms with Crippen LogP contribution in [0.25, 0.3) is 22.0 Å². The van der Waals surface area contributed by atoms with Gasteiger partial charge in [0.15, 0.2) is 17.8 Å². The molecule has 1 fully saturated rings. The van der Waals surface area contributed by atoms with Crippen LogP contribution >= 0.6 is 0 Å². The van der Waals surface area contributed by atoms with Gasteiger partial charge in [-0.3, -0.25) is 10.1 Å². The van der Waals surface area contributed by atoms with Gasteiger partial charge in [-0.15, -0.1) is 0 Å². The first-order valence-corrected chi connectivity index (χ1v) is 10.4. The van der Waals surface area contributed by atoms with E-state index >= 15 is 0 Å². The highest BCUT2D eigenvalue weighted by Crippen LogP contribution is 2.39. The number of carbonyl (C=O) groups is 1. The minimum absolute atomic E-state index is 0.203. The molecule has 3 heterocycles. The predicted octanol–water partition coefficient (Wildman–Crippen LogP) is 4.96. The molecule has 1 aliphatic heterocycles. The van der Waals surface area contributed by atoms with E-state index in [0.717, 1.165) is 41.6 Å². The van der Waals surface area contributed by atoms with Crippen molar-refractivity contribution < 1.29 is 28.7 Å². The van der Waals surface area contributed by atoms with E-state index in [-0.39, 0.29) is 17.7 Å². The Bertz CT molecular complexity index is 1410. The molecule has 1 saturated heterocycles. The quantitative estimate of drug-likeness (QED) is 0.321. The highest BCUT2D eigenvalue weighted by Gasteiger charge is 2.22. The lowest BCUT2D eigenvalue weighted by Crippen LogP contribution is -2.18. The molecule has 0 amide bonds. The van der Waals surface area contributed by atoms with Crippen LogP contribution in [-0.4, -0.2) is 42.3 Å². The molecule has 2 aromatic carbocycles. The lowest BCUT2D eigenvalue weighted by atomic mass is 10.1. The number of ether oxygens (including phenoxy) is 2. The first-order valence-electron chi connectivity index (χ1n) is 10.4. The van der Waals surface area contributed by atoms with Crippen molar-refractivity contribution in [3.05, 3.63) is 64.9 Å². The van der Waals surface area contributed by atoms with Crippen LogP contribution in [0.1, 0.15) is 25.5 Å². The van der Waals surface area contributed by atoms with E-state index in [1.165, 1.54) is 18.5 Å². The van der Waals surface area contributed by atoms with Gasteiger partial charge in [0.05, 0.1) is 28.9 Å². The van der Waals surface area contributed by atoms with Gasteiger partial charge in [-0.05, 0) is 37.5 Å². The van der Waals surface area contributed by atoms with E-state index in [2.05, 4.69) is 10.2 Å². The number of halogens is 1. The van der Waals surface area contributed by atoms with Crippen LogP contribution in [0, 0.1) is 15.9 Å². The molecule has 5 rings (SSSR count). The molecule has 0 radical (unpaired) electrons. The smallest absolute Gasteiger partial charge is 0.432 e. The number of nitro groups is 1. The number of non-ortho nitro benzene ring substituents is 1. The number of nitro benzene ring substituents is 1. The summed E-state index contributed by atoms with van der Waals surface area (Å²) in [5.41, 5.74) is 1.17. The van der Waals surface area contributed by atoms with Crippen molar-refractivity contribution >= 4 is 22.7 Å². The molecule has 11 nitrogen and oxygen atoms in total. The van der Waals surface area contributed by atoms with Gasteiger partial charge < -0.3 is 14.6 Å². The molecule has 0 aliphatic carbocycles. The summed E-state index contributed by atoms with van der Waals surface area (Å²) in [6.07, 6.45) is 5.58. The second-order valence-corrected chi connectivity index (χ2v) is 7.75. The zero-order valence-electron chi connectivity index (χ0n) is 17.6. The van der Waals surface area contributed by atoms with Gasteiger partial charge >= 0.3 is 6.09 Å². The summed E-state index contributed by atoms with van der Waals surface area (Å²) >= 11 is 0. The molecule has 0 bridgehead atoms. The number of fused-ring (bicyclic) bond motifs is 1. The molecule has 34 heavy (non-hydrogen) atoms. The SMILES string of the molecule is O=C(O)n1cc(-c2cc3c(cnn3C3CCCCO3)cc2Oc2ccc([N+](=O)[O-])cc2F)cn1. The molecule has 1 N–H and O–H groups in total. The highest BCUT2D eigenvalue weighted by molar-refractivity contribution is 5.88. The van der Waals surface area contributed by atoms with E-state index in [4.69, 9.17) is 9.47 Å². The summed E-state index contributed by atoms with van der Waals surface area (Å²) in [6, 6.07) is 6.48. The largest absolute Gasteiger partial charge is 0.463 e. The Labute approximate surface area is 191 Å². The maximum Gasteiger partial charge on any atom is 0.432 e. The van der Waals surface area contributed by atoms with Gasteiger partial charge in [0.1, 0.15) is 5.75 Å². The van der Waals surface area contributed by atoms with Gasteiger partial charge in [-0.25, -0.2) is 13.9 Å². The van der Waals surface area contributed by atoms with Crippen molar-refractivity contribution in [1.82, 2.24) is 19.6 Å². The average Bonchev–Trinajstić information content (AvgIpc) is 3.47. The molecule has 0 saturated carbocycles. The Morgan fingerprint density at radius 1 is 1.21 bits per heavy atom. The molecule has 1 atom stereocenters. The van der Waals surface area contributed by atoms with Crippen molar-refractivity contribution in [2.75, 3.05) is 6.61 Å². The van der Waals surface area contributed by atoms with Crippen molar-refractivity contribution in [2.45, 2.75) is 25.5 Å². The normalized spacial score (nSPS) is 16.0. The molecule has 1 aliphatic rings. The fraction of sp³-hybridized carbons (Fsp3) is 0.227. The Hall–Kier alpha value is -4.32. The van der Waals surface area contributed by atoms with Crippen LogP contribution in [0.15, 0.2) is 48.9 Å². The second-order valence-electron chi connectivity index (χ2n) is 7.75. The van der Waals surface area contributed by atoms with Crippen LogP contribution in [0.3, 0.4) is 0 Å². The number of carboxylic acid groups (broad SMARTS) is 1. The third-order valence-electron chi connectivity index (χ3n) is 5.56. The summed E-state index contributed by atoms with van der Waals surface area (Å²) in [6.45, 7) is 0.630. The van der Waals surface area contributed by atoms with E-state index in [0.29, 0.717) is 23.1 Å². The topological polar surface area (TPSA) is 135 Å². The molecule has 1 unspecified atom stereocenters. The summed E-state index contributed by atoms with van der Waals surface area (Å²) in [5, 5.41) is 29.1. The van der Waals surface area contributed by atoms with E-state index in [1.807, 2.05) is 0 Å². The standard InChI is InChI=1S/C22H18FN5O6/c23-17-8-15(28(31)32)4-5-19(17)34-20-7-13-10-25-27(21-3-1-2-6-33-21)18(13)9-16(20)14-11-24-26(12-14)22(29)30/h4-5,7-12,21H,1-3,6H2,(H,29,30). The van der Waals surface area contributed by atoms with Crippen LogP contribution in [-0.2, 0) is 4.74 Å². The fourth-order valence-corrected chi connectivity index (χ4v) is 3.90. The monoisotopic (exact) mass is 467 g/mol. The van der Waals surface area contributed by atoms with E-state index < -0.39 is 22.5 Å². The number of benzene rings is 2. The number of hydrogen-bond donors (Lipinski definition) is 1. The van der Waals surface area contributed by atoms with Crippen LogP contribution < -0.4 is 4.74 Å². The predicted molar refractivity (Wildman–Crippen MR) is 116 cm³/mol. The minimum atomic E-state index is -1.27. The van der Waals surface area contributed by atoms with E-state index in [1.54, 1.807) is 23.0 Å². The van der Waals surface area contributed by atoms with E-state index in [9.17, 15) is 24.4 Å². The number of aromatic nitrogens is 4. The average molecular weight is 467 g/mol. The van der Waals surface area contributed by atoms with Gasteiger partial charge in [0.25, 0.3) is 5.69 Å². The summed E-state index contributed by atoms with van der Waals surface area (Å²) in [4.78, 5) is 21.5. The van der Waals surface area contributed by atoms with Crippen LogP contribution in [0.4, 0.5) is 14.9 Å². The molecule has 0 spiro atoms. The molecule has 174 valence electrons. The number of rotatable bonds is 5. The molecule has 2 aromatic heterocycles. The first-order chi connectivity index (χ1) is 16.4. The minimum Gasteiger partial charge on any atom is -0.463 e. The maximum absolute atomic E-state index is 14.5. The molecular formula is C22H18FN5O6. The van der Waals surface area contributed by atoms with Gasteiger partial charge in [-0.2, -0.15) is 14.9 Å². The molecule has 12 heteroatoms. The fourth-order valence-electron chi connectivity index (χ4n) is 3.90. The molecule has 4 aromatic rings. The van der Waals surface area contributed by atoms with Gasteiger partial charge in [0, 0.05) is 35.4 Å². The van der Waals surface area contributed by atoms with Crippen molar-refractivity contribution in [3.8, 4) is 22.6 Å². The van der Waals surface area contributed by atoms with Crippen LogP contribution in [0.5, 0.6) is 11.5 Å². The zero-order valence-corrected chi connectivity index (χ0v) is 17.6. The Kier molecular flexibility index (Phi) is 5.42.